The Kier molecular flexibility index (Phi) is 4.08. The highest BCUT2D eigenvalue weighted by molar-refractivity contribution is 5.79. The minimum atomic E-state index is -0.564. The van der Waals surface area contributed by atoms with Gasteiger partial charge in [0, 0.05) is 32.5 Å². The van der Waals surface area contributed by atoms with E-state index in [2.05, 4.69) is 4.90 Å². The largest absolute Gasteiger partial charge is 0.387 e. The van der Waals surface area contributed by atoms with Crippen LogP contribution < -0.4 is 0 Å². The Morgan fingerprint density at radius 3 is 2.44 bits per heavy atom. The van der Waals surface area contributed by atoms with E-state index in [1.807, 2.05) is 6.07 Å². The molecule has 1 unspecified atom stereocenters. The summed E-state index contributed by atoms with van der Waals surface area (Å²) in [6, 6.07) is 9.02. The standard InChI is InChI=1S/C14H16N2O2/c15-9-11-1-3-12(4-2-11)14(18)10-16-7-5-13(17)6-8-16/h1-4,14,18H,5-8,10H2. The van der Waals surface area contributed by atoms with Gasteiger partial charge in [0.15, 0.2) is 0 Å². The molecule has 0 saturated carbocycles. The summed E-state index contributed by atoms with van der Waals surface area (Å²) in [4.78, 5) is 13.2. The summed E-state index contributed by atoms with van der Waals surface area (Å²) in [7, 11) is 0. The second-order valence-corrected chi connectivity index (χ2v) is 4.59. The third-order valence-corrected chi connectivity index (χ3v) is 3.27. The maximum Gasteiger partial charge on any atom is 0.135 e. The molecule has 0 aromatic heterocycles. The molecule has 2 rings (SSSR count). The first-order chi connectivity index (χ1) is 8.69. The van der Waals surface area contributed by atoms with Crippen molar-refractivity contribution in [1.29, 1.82) is 5.26 Å². The van der Waals surface area contributed by atoms with E-state index in [0.717, 1.165) is 18.7 Å². The fourth-order valence-electron chi connectivity index (χ4n) is 2.11. The molecule has 1 fully saturated rings. The Bertz CT molecular complexity index is 452. The SMILES string of the molecule is N#Cc1ccc(C(O)CN2CCC(=O)CC2)cc1. The van der Waals surface area contributed by atoms with Gasteiger partial charge in [-0.25, -0.2) is 0 Å². The number of β-amino-alcohol motifs (C(OH)–C–C–N with tert-alkyl or cyclic N) is 1. The normalized spacial score (nSPS) is 18.3. The number of Topliss-reactive ketones (excluding diaryl/α,β-unsaturated/α-hetero) is 1. The van der Waals surface area contributed by atoms with Gasteiger partial charge in [-0.05, 0) is 17.7 Å². The smallest absolute Gasteiger partial charge is 0.135 e. The molecule has 1 aliphatic rings. The van der Waals surface area contributed by atoms with Crippen molar-refractivity contribution in [3.8, 4) is 6.07 Å². The molecule has 1 saturated heterocycles. The van der Waals surface area contributed by atoms with Crippen molar-refractivity contribution < 1.29 is 9.90 Å². The first kappa shape index (κ1) is 12.7. The molecule has 4 heteroatoms. The average molecular weight is 244 g/mol. The van der Waals surface area contributed by atoms with Gasteiger partial charge in [0.1, 0.15) is 5.78 Å². The lowest BCUT2D eigenvalue weighted by atomic mass is 10.0. The number of aliphatic hydroxyl groups excluding tert-OH is 1. The number of nitrogens with zero attached hydrogens (tertiary/aromatic N) is 2. The van der Waals surface area contributed by atoms with E-state index in [4.69, 9.17) is 5.26 Å². The zero-order valence-corrected chi connectivity index (χ0v) is 10.2. The van der Waals surface area contributed by atoms with Gasteiger partial charge in [0.2, 0.25) is 0 Å². The molecular formula is C14H16N2O2. The fraction of sp³-hybridized carbons (Fsp3) is 0.429. The Balaban J connectivity index is 1.92. The highest BCUT2D eigenvalue weighted by Gasteiger charge is 2.19. The summed E-state index contributed by atoms with van der Waals surface area (Å²) >= 11 is 0. The molecule has 1 aromatic rings. The average Bonchev–Trinajstić information content (AvgIpc) is 2.41. The Hall–Kier alpha value is -1.70. The lowest BCUT2D eigenvalue weighted by Gasteiger charge is -2.28. The van der Waals surface area contributed by atoms with Crippen LogP contribution in [0.5, 0.6) is 0 Å². The molecule has 0 spiro atoms. The molecular weight excluding hydrogens is 228 g/mol. The number of carbonyl (C=O) groups excluding carboxylic acids is 1. The number of likely N-dealkylation sites (tertiary alicyclic amines) is 1. The van der Waals surface area contributed by atoms with Gasteiger partial charge in [-0.15, -0.1) is 0 Å². The maximum absolute atomic E-state index is 11.1. The van der Waals surface area contributed by atoms with E-state index in [0.29, 0.717) is 30.7 Å². The van der Waals surface area contributed by atoms with Crippen molar-refractivity contribution in [2.75, 3.05) is 19.6 Å². The van der Waals surface area contributed by atoms with E-state index in [9.17, 15) is 9.90 Å². The van der Waals surface area contributed by atoms with Crippen molar-refractivity contribution in [2.24, 2.45) is 0 Å². The predicted molar refractivity (Wildman–Crippen MR) is 66.8 cm³/mol. The third-order valence-electron chi connectivity index (χ3n) is 3.27. The molecule has 94 valence electrons. The van der Waals surface area contributed by atoms with E-state index in [1.54, 1.807) is 24.3 Å². The van der Waals surface area contributed by atoms with E-state index in [1.165, 1.54) is 0 Å². The number of aliphatic hydroxyl groups is 1. The van der Waals surface area contributed by atoms with Crippen LogP contribution in [0.1, 0.15) is 30.1 Å². The predicted octanol–water partition coefficient (Wildman–Crippen LogP) is 1.26. The fourth-order valence-corrected chi connectivity index (χ4v) is 2.11. The zero-order valence-electron chi connectivity index (χ0n) is 10.2. The monoisotopic (exact) mass is 244 g/mol. The molecule has 1 N–H and O–H groups in total. The van der Waals surface area contributed by atoms with Crippen LogP contribution in [0.15, 0.2) is 24.3 Å². The highest BCUT2D eigenvalue weighted by atomic mass is 16.3. The molecule has 0 radical (unpaired) electrons. The molecule has 1 atom stereocenters. The second kappa shape index (κ2) is 5.76. The summed E-state index contributed by atoms with van der Waals surface area (Å²) in [6.07, 6.45) is 0.603. The molecule has 1 heterocycles. The van der Waals surface area contributed by atoms with Crippen molar-refractivity contribution in [3.63, 3.8) is 0 Å². The minimum absolute atomic E-state index is 0.305. The van der Waals surface area contributed by atoms with E-state index < -0.39 is 6.10 Å². The number of ketones is 1. The van der Waals surface area contributed by atoms with Crippen LogP contribution in [-0.4, -0.2) is 35.4 Å². The van der Waals surface area contributed by atoms with Crippen molar-refractivity contribution in [3.05, 3.63) is 35.4 Å². The Morgan fingerprint density at radius 1 is 1.28 bits per heavy atom. The summed E-state index contributed by atoms with van der Waals surface area (Å²) in [5, 5.41) is 18.8. The molecule has 0 bridgehead atoms. The van der Waals surface area contributed by atoms with Crippen molar-refractivity contribution in [2.45, 2.75) is 18.9 Å². The van der Waals surface area contributed by atoms with Crippen LogP contribution in [0.25, 0.3) is 0 Å². The summed E-state index contributed by atoms with van der Waals surface area (Å²) in [6.45, 7) is 2.00. The number of rotatable bonds is 3. The van der Waals surface area contributed by atoms with Crippen LogP contribution >= 0.6 is 0 Å². The molecule has 0 amide bonds. The lowest BCUT2D eigenvalue weighted by molar-refractivity contribution is -0.121. The van der Waals surface area contributed by atoms with Crippen LogP contribution in [-0.2, 0) is 4.79 Å². The molecule has 18 heavy (non-hydrogen) atoms. The van der Waals surface area contributed by atoms with Crippen LogP contribution in [0.2, 0.25) is 0 Å². The third kappa shape index (κ3) is 3.16. The topological polar surface area (TPSA) is 64.3 Å². The molecule has 1 aliphatic heterocycles. The summed E-state index contributed by atoms with van der Waals surface area (Å²) < 4.78 is 0. The zero-order chi connectivity index (χ0) is 13.0. The second-order valence-electron chi connectivity index (χ2n) is 4.59. The first-order valence-electron chi connectivity index (χ1n) is 6.11. The van der Waals surface area contributed by atoms with Gasteiger partial charge in [0.05, 0.1) is 17.7 Å². The van der Waals surface area contributed by atoms with Gasteiger partial charge >= 0.3 is 0 Å². The van der Waals surface area contributed by atoms with E-state index >= 15 is 0 Å². The summed E-state index contributed by atoms with van der Waals surface area (Å²) in [5.41, 5.74) is 1.40. The number of nitriles is 1. The van der Waals surface area contributed by atoms with E-state index in [-0.39, 0.29) is 0 Å². The lowest BCUT2D eigenvalue weighted by Crippen LogP contribution is -2.36. The quantitative estimate of drug-likeness (QED) is 0.869. The van der Waals surface area contributed by atoms with Crippen molar-refractivity contribution in [1.82, 2.24) is 4.90 Å². The number of hydrogen-bond acceptors (Lipinski definition) is 4. The van der Waals surface area contributed by atoms with Gasteiger partial charge in [-0.3, -0.25) is 9.69 Å². The van der Waals surface area contributed by atoms with Crippen LogP contribution in [0.3, 0.4) is 0 Å². The highest BCUT2D eigenvalue weighted by Crippen LogP contribution is 2.17. The van der Waals surface area contributed by atoms with Gasteiger partial charge in [0.25, 0.3) is 0 Å². The molecule has 0 aliphatic carbocycles. The van der Waals surface area contributed by atoms with Crippen LogP contribution in [0.4, 0.5) is 0 Å². The van der Waals surface area contributed by atoms with Gasteiger partial charge in [-0.2, -0.15) is 5.26 Å². The number of hydrogen-bond donors (Lipinski definition) is 1. The Morgan fingerprint density at radius 2 is 1.89 bits per heavy atom. The minimum Gasteiger partial charge on any atom is -0.387 e. The molecule has 4 nitrogen and oxygen atoms in total. The van der Waals surface area contributed by atoms with Gasteiger partial charge < -0.3 is 5.11 Å². The van der Waals surface area contributed by atoms with Crippen LogP contribution in [0, 0.1) is 11.3 Å². The Labute approximate surface area is 106 Å². The van der Waals surface area contributed by atoms with Crippen molar-refractivity contribution >= 4 is 5.78 Å². The first-order valence-corrected chi connectivity index (χ1v) is 6.11. The number of carbonyl (C=O) groups is 1. The number of benzene rings is 1. The molecule has 1 aromatic carbocycles. The number of piperidine rings is 1. The summed E-state index contributed by atoms with van der Waals surface area (Å²) in [5.74, 6) is 0.305. The van der Waals surface area contributed by atoms with Gasteiger partial charge in [-0.1, -0.05) is 12.1 Å². The maximum atomic E-state index is 11.1.